The van der Waals surface area contributed by atoms with Crippen LogP contribution in [0.25, 0.3) is 6.08 Å². The zero-order valence-corrected chi connectivity index (χ0v) is 28.5. The van der Waals surface area contributed by atoms with E-state index in [1.165, 1.54) is 32.9 Å². The molecule has 0 heterocycles. The molecule has 5 rings (SSSR count). The lowest BCUT2D eigenvalue weighted by Gasteiger charge is -2.18. The van der Waals surface area contributed by atoms with Gasteiger partial charge in [0.2, 0.25) is 5.91 Å². The number of hydrogen-bond acceptors (Lipinski definition) is 7. The van der Waals surface area contributed by atoms with Crippen LogP contribution in [0.1, 0.15) is 44.0 Å². The SMILES string of the molecule is COc1ccc(/C=C(/NC(=O)c2ccccc2)C(=O)Nc2cccc(SC(C(=O)Nc3ccc(C(C)=O)cc3)c3ccccc3)c2)cc1OC. The number of amides is 3. The summed E-state index contributed by atoms with van der Waals surface area (Å²) in [6.45, 7) is 1.49. The van der Waals surface area contributed by atoms with Crippen molar-refractivity contribution in [3.8, 4) is 11.5 Å². The van der Waals surface area contributed by atoms with Gasteiger partial charge in [0, 0.05) is 27.4 Å². The molecule has 3 N–H and O–H groups in total. The molecule has 0 saturated carbocycles. The molecule has 5 aromatic rings. The minimum atomic E-state index is -0.639. The molecular formula is C40H35N3O6S. The van der Waals surface area contributed by atoms with Crippen LogP contribution in [0.2, 0.25) is 0 Å². The standard InChI is InChI=1S/C40H35N3O6S/c1-26(44)28-18-20-31(21-19-28)41-40(47)37(29-11-6-4-7-12-29)50-33-16-10-15-32(25-33)42-39(46)34(43-38(45)30-13-8-5-9-14-30)23-27-17-22-35(48-2)36(24-27)49-3/h4-25,37H,1-3H3,(H,41,47)(H,42,46)(H,43,45)/b34-23+. The molecule has 252 valence electrons. The molecule has 0 aliphatic carbocycles. The van der Waals surface area contributed by atoms with E-state index in [1.807, 2.05) is 36.4 Å². The van der Waals surface area contributed by atoms with E-state index in [0.717, 1.165) is 10.5 Å². The van der Waals surface area contributed by atoms with E-state index in [-0.39, 0.29) is 17.4 Å². The van der Waals surface area contributed by atoms with Crippen LogP contribution in [0.15, 0.2) is 138 Å². The van der Waals surface area contributed by atoms with Crippen LogP contribution in [0.3, 0.4) is 0 Å². The molecule has 0 aliphatic rings. The largest absolute Gasteiger partial charge is 0.493 e. The Balaban J connectivity index is 1.39. The molecule has 9 nitrogen and oxygen atoms in total. The molecule has 0 aromatic heterocycles. The Morgan fingerprint density at radius 2 is 1.34 bits per heavy atom. The number of rotatable bonds is 13. The van der Waals surface area contributed by atoms with Crippen LogP contribution in [0.4, 0.5) is 11.4 Å². The lowest BCUT2D eigenvalue weighted by Crippen LogP contribution is -2.30. The predicted molar refractivity (Wildman–Crippen MR) is 197 cm³/mol. The third-order valence-electron chi connectivity index (χ3n) is 7.49. The quantitative estimate of drug-likeness (QED) is 0.0657. The summed E-state index contributed by atoms with van der Waals surface area (Å²) < 4.78 is 10.8. The molecule has 50 heavy (non-hydrogen) atoms. The number of carbonyl (C=O) groups excluding carboxylic acids is 4. The summed E-state index contributed by atoms with van der Waals surface area (Å²) >= 11 is 1.32. The van der Waals surface area contributed by atoms with Crippen LogP contribution >= 0.6 is 11.8 Å². The van der Waals surface area contributed by atoms with Crippen molar-refractivity contribution in [2.24, 2.45) is 0 Å². The first-order chi connectivity index (χ1) is 24.2. The second-order valence-corrected chi connectivity index (χ2v) is 12.2. The highest BCUT2D eigenvalue weighted by Crippen LogP contribution is 2.37. The number of Topliss-reactive ketones (excluding diaryl/α,β-unsaturated/α-hetero) is 1. The Hall–Kier alpha value is -6.13. The number of methoxy groups -OCH3 is 2. The van der Waals surface area contributed by atoms with E-state index in [2.05, 4.69) is 16.0 Å². The summed E-state index contributed by atoms with van der Waals surface area (Å²) in [5, 5.41) is 7.95. The summed E-state index contributed by atoms with van der Waals surface area (Å²) in [5.41, 5.74) is 3.34. The van der Waals surface area contributed by atoms with E-state index in [1.54, 1.807) is 97.1 Å². The van der Waals surface area contributed by atoms with E-state index in [0.29, 0.717) is 39.6 Å². The highest BCUT2D eigenvalue weighted by Gasteiger charge is 2.23. The topological polar surface area (TPSA) is 123 Å². The number of hydrogen-bond donors (Lipinski definition) is 3. The first-order valence-corrected chi connectivity index (χ1v) is 16.5. The summed E-state index contributed by atoms with van der Waals surface area (Å²) in [6.07, 6.45) is 1.55. The van der Waals surface area contributed by atoms with Gasteiger partial charge in [0.15, 0.2) is 17.3 Å². The molecule has 1 atom stereocenters. The van der Waals surface area contributed by atoms with Gasteiger partial charge in [-0.25, -0.2) is 0 Å². The highest BCUT2D eigenvalue weighted by molar-refractivity contribution is 8.00. The molecule has 0 spiro atoms. The van der Waals surface area contributed by atoms with Crippen molar-refractivity contribution >= 4 is 52.7 Å². The van der Waals surface area contributed by atoms with E-state index < -0.39 is 17.1 Å². The molecule has 1 unspecified atom stereocenters. The summed E-state index contributed by atoms with van der Waals surface area (Å²) in [5.74, 6) is -0.344. The molecule has 5 aromatic carbocycles. The van der Waals surface area contributed by atoms with Gasteiger partial charge in [0.25, 0.3) is 11.8 Å². The fourth-order valence-electron chi connectivity index (χ4n) is 4.93. The molecule has 0 radical (unpaired) electrons. The van der Waals surface area contributed by atoms with Crippen LogP contribution in [-0.2, 0) is 9.59 Å². The lowest BCUT2D eigenvalue weighted by molar-refractivity contribution is -0.116. The molecule has 0 aliphatic heterocycles. The zero-order valence-electron chi connectivity index (χ0n) is 27.6. The molecular weight excluding hydrogens is 651 g/mol. The molecule has 0 bridgehead atoms. The van der Waals surface area contributed by atoms with Crippen molar-refractivity contribution < 1.29 is 28.7 Å². The normalized spacial score (nSPS) is 11.5. The van der Waals surface area contributed by atoms with E-state index >= 15 is 0 Å². The third-order valence-corrected chi connectivity index (χ3v) is 8.74. The maximum absolute atomic E-state index is 13.8. The fourth-order valence-corrected chi connectivity index (χ4v) is 6.01. The van der Waals surface area contributed by atoms with Crippen molar-refractivity contribution in [2.75, 3.05) is 24.9 Å². The number of benzene rings is 5. The minimum Gasteiger partial charge on any atom is -0.493 e. The third kappa shape index (κ3) is 9.27. The monoisotopic (exact) mass is 685 g/mol. The van der Waals surface area contributed by atoms with Gasteiger partial charge in [-0.15, -0.1) is 11.8 Å². The molecule has 0 fully saturated rings. The Kier molecular flexibility index (Phi) is 11.8. The fraction of sp³-hybridized carbons (Fsp3) is 0.100. The number of anilines is 2. The van der Waals surface area contributed by atoms with Gasteiger partial charge in [0.1, 0.15) is 10.9 Å². The first-order valence-electron chi connectivity index (χ1n) is 15.6. The Bertz CT molecular complexity index is 2010. The predicted octanol–water partition coefficient (Wildman–Crippen LogP) is 7.79. The number of nitrogens with one attached hydrogen (secondary N) is 3. The van der Waals surface area contributed by atoms with Gasteiger partial charge in [-0.05, 0) is 90.9 Å². The maximum atomic E-state index is 13.8. The number of ketones is 1. The number of thioether (sulfide) groups is 1. The second kappa shape index (κ2) is 16.8. The van der Waals surface area contributed by atoms with Crippen molar-refractivity contribution in [3.05, 3.63) is 155 Å². The van der Waals surface area contributed by atoms with Crippen LogP contribution in [-0.4, -0.2) is 37.7 Å². The highest BCUT2D eigenvalue weighted by atomic mass is 32.2. The second-order valence-electron chi connectivity index (χ2n) is 11.0. The Morgan fingerprint density at radius 3 is 2.00 bits per heavy atom. The van der Waals surface area contributed by atoms with E-state index in [9.17, 15) is 19.2 Å². The van der Waals surface area contributed by atoms with Gasteiger partial charge in [-0.3, -0.25) is 19.2 Å². The smallest absolute Gasteiger partial charge is 0.272 e. The molecule has 10 heteroatoms. The average Bonchev–Trinajstić information content (AvgIpc) is 3.14. The van der Waals surface area contributed by atoms with Gasteiger partial charge in [-0.1, -0.05) is 60.7 Å². The molecule has 0 saturated heterocycles. The first kappa shape index (κ1) is 35.2. The van der Waals surface area contributed by atoms with Gasteiger partial charge < -0.3 is 25.4 Å². The summed E-state index contributed by atoms with van der Waals surface area (Å²) in [4.78, 5) is 52.9. The van der Waals surface area contributed by atoms with E-state index in [4.69, 9.17) is 9.47 Å². The van der Waals surface area contributed by atoms with Gasteiger partial charge >= 0.3 is 0 Å². The summed E-state index contributed by atoms with van der Waals surface area (Å²) in [7, 11) is 3.04. The average molecular weight is 686 g/mol. The zero-order chi connectivity index (χ0) is 35.5. The number of carbonyl (C=O) groups is 4. The minimum absolute atomic E-state index is 0.00135. The van der Waals surface area contributed by atoms with Crippen molar-refractivity contribution in [3.63, 3.8) is 0 Å². The van der Waals surface area contributed by atoms with Crippen LogP contribution in [0, 0.1) is 0 Å². The summed E-state index contributed by atoms with van der Waals surface area (Å²) in [6, 6.07) is 37.0. The van der Waals surface area contributed by atoms with Crippen molar-refractivity contribution in [2.45, 2.75) is 17.1 Å². The van der Waals surface area contributed by atoms with Gasteiger partial charge in [0.05, 0.1) is 14.2 Å². The lowest BCUT2D eigenvalue weighted by atomic mass is 10.1. The van der Waals surface area contributed by atoms with Crippen molar-refractivity contribution in [1.29, 1.82) is 0 Å². The molecule has 3 amide bonds. The van der Waals surface area contributed by atoms with Crippen LogP contribution < -0.4 is 25.4 Å². The number of ether oxygens (including phenoxy) is 2. The van der Waals surface area contributed by atoms with Crippen molar-refractivity contribution in [1.82, 2.24) is 5.32 Å². The Labute approximate surface area is 294 Å². The van der Waals surface area contributed by atoms with Crippen LogP contribution in [0.5, 0.6) is 11.5 Å². The Morgan fingerprint density at radius 1 is 0.660 bits per heavy atom. The van der Waals surface area contributed by atoms with Gasteiger partial charge in [-0.2, -0.15) is 0 Å². The maximum Gasteiger partial charge on any atom is 0.272 e.